The van der Waals surface area contributed by atoms with Crippen molar-refractivity contribution in [3.05, 3.63) is 200 Å². The maximum absolute atomic E-state index is 5.42. The van der Waals surface area contributed by atoms with Crippen LogP contribution in [-0.2, 0) is 0 Å². The molecular weight excluding hydrogens is 787 g/mol. The first-order valence-corrected chi connectivity index (χ1v) is 22.1. The summed E-state index contributed by atoms with van der Waals surface area (Å²) < 4.78 is 7.14. The standard InChI is InChI=1S/C57H33N5S/c1-2-15-34(16-3-1)55-58-56(44-24-14-28-51-52(44)43-23-10-13-27-50(43)63-51)60-57(59-55)62-47-26-12-9-22-42(47)54-49(62)32-31-48-53(54)41-21-8-11-25-46(41)61(48)35-29-30-40-38-19-5-4-17-36(38)37-18-6-7-20-39(37)45(40)33-35/h1-33H. The number of fused-ring (bicyclic) bond motifs is 16. The maximum atomic E-state index is 5.42. The normalized spacial score (nSPS) is 12.1. The van der Waals surface area contributed by atoms with Crippen LogP contribution in [0.1, 0.15) is 0 Å². The van der Waals surface area contributed by atoms with E-state index >= 15 is 0 Å². The molecule has 14 aromatic rings. The highest BCUT2D eigenvalue weighted by Crippen LogP contribution is 2.44. The number of rotatable bonds is 4. The first-order chi connectivity index (χ1) is 31.3. The molecule has 5 nitrogen and oxygen atoms in total. The molecule has 0 spiro atoms. The van der Waals surface area contributed by atoms with Crippen LogP contribution in [0.15, 0.2) is 200 Å². The Bertz CT molecular complexity index is 4180. The molecule has 63 heavy (non-hydrogen) atoms. The van der Waals surface area contributed by atoms with E-state index in [1.165, 1.54) is 68.6 Å². The zero-order valence-corrected chi connectivity index (χ0v) is 34.5. The third-order valence-electron chi connectivity index (χ3n) is 13.0. The fourth-order valence-corrected chi connectivity index (χ4v) is 11.4. The van der Waals surface area contributed by atoms with Crippen molar-refractivity contribution in [3.8, 4) is 34.4 Å². The summed E-state index contributed by atoms with van der Waals surface area (Å²) in [5.41, 5.74) is 7.44. The predicted molar refractivity (Wildman–Crippen MR) is 265 cm³/mol. The minimum Gasteiger partial charge on any atom is -0.309 e. The van der Waals surface area contributed by atoms with E-state index in [4.69, 9.17) is 15.0 Å². The number of nitrogens with zero attached hydrogens (tertiary/aromatic N) is 5. The van der Waals surface area contributed by atoms with Gasteiger partial charge in [0.15, 0.2) is 11.6 Å². The summed E-state index contributed by atoms with van der Waals surface area (Å²) in [6.07, 6.45) is 0. The molecule has 0 amide bonds. The van der Waals surface area contributed by atoms with Crippen LogP contribution in [0, 0.1) is 0 Å². The van der Waals surface area contributed by atoms with Gasteiger partial charge in [0.05, 0.1) is 22.1 Å². The number of benzene rings is 10. The third-order valence-corrected chi connectivity index (χ3v) is 14.1. The Morgan fingerprint density at radius 3 is 1.54 bits per heavy atom. The Morgan fingerprint density at radius 1 is 0.317 bits per heavy atom. The Kier molecular flexibility index (Phi) is 7.21. The zero-order valence-electron chi connectivity index (χ0n) is 33.7. The van der Waals surface area contributed by atoms with Crippen LogP contribution in [0.3, 0.4) is 0 Å². The van der Waals surface area contributed by atoms with Gasteiger partial charge >= 0.3 is 0 Å². The molecule has 0 fully saturated rings. The van der Waals surface area contributed by atoms with Crippen LogP contribution in [0.4, 0.5) is 0 Å². The Balaban J connectivity index is 1.06. The van der Waals surface area contributed by atoms with Gasteiger partial charge < -0.3 is 4.57 Å². The molecule has 0 N–H and O–H groups in total. The Hall–Kier alpha value is -8.19. The Morgan fingerprint density at radius 2 is 0.841 bits per heavy atom. The van der Waals surface area contributed by atoms with E-state index in [1.807, 2.05) is 18.2 Å². The van der Waals surface area contributed by atoms with Crippen LogP contribution in [0.5, 0.6) is 0 Å². The van der Waals surface area contributed by atoms with E-state index in [-0.39, 0.29) is 0 Å². The van der Waals surface area contributed by atoms with Gasteiger partial charge in [-0.3, -0.25) is 4.57 Å². The number of thiophene rings is 1. The molecule has 0 aliphatic heterocycles. The van der Waals surface area contributed by atoms with E-state index in [9.17, 15) is 0 Å². The minimum absolute atomic E-state index is 0.582. The molecule has 292 valence electrons. The lowest BCUT2D eigenvalue weighted by Crippen LogP contribution is -2.06. The van der Waals surface area contributed by atoms with Crippen molar-refractivity contribution in [3.63, 3.8) is 0 Å². The molecule has 14 rings (SSSR count). The summed E-state index contributed by atoms with van der Waals surface area (Å²) in [4.78, 5) is 16.0. The predicted octanol–water partition coefficient (Wildman–Crippen LogP) is 15.2. The van der Waals surface area contributed by atoms with Crippen LogP contribution < -0.4 is 0 Å². The van der Waals surface area contributed by atoms with Crippen molar-refractivity contribution < 1.29 is 0 Å². The van der Waals surface area contributed by atoms with Crippen LogP contribution in [-0.4, -0.2) is 24.1 Å². The van der Waals surface area contributed by atoms with Gasteiger partial charge in [-0.15, -0.1) is 11.3 Å². The quantitative estimate of drug-likeness (QED) is 0.166. The molecule has 0 atom stereocenters. The van der Waals surface area contributed by atoms with Crippen LogP contribution in [0.25, 0.3) is 131 Å². The molecule has 10 aromatic carbocycles. The van der Waals surface area contributed by atoms with Crippen molar-refractivity contribution in [2.24, 2.45) is 0 Å². The lowest BCUT2D eigenvalue weighted by Gasteiger charge is -2.14. The maximum Gasteiger partial charge on any atom is 0.238 e. The van der Waals surface area contributed by atoms with E-state index in [0.29, 0.717) is 17.6 Å². The Labute approximate surface area is 364 Å². The van der Waals surface area contributed by atoms with Crippen molar-refractivity contribution in [1.82, 2.24) is 24.1 Å². The molecule has 0 radical (unpaired) electrons. The van der Waals surface area contributed by atoms with Crippen molar-refractivity contribution in [1.29, 1.82) is 0 Å². The molecule has 0 unspecified atom stereocenters. The number of hydrogen-bond donors (Lipinski definition) is 0. The monoisotopic (exact) mass is 819 g/mol. The topological polar surface area (TPSA) is 48.5 Å². The highest BCUT2D eigenvalue weighted by molar-refractivity contribution is 7.25. The lowest BCUT2D eigenvalue weighted by molar-refractivity contribution is 0.954. The first kappa shape index (κ1) is 34.5. The summed E-state index contributed by atoms with van der Waals surface area (Å²) in [5.74, 6) is 1.86. The van der Waals surface area contributed by atoms with Gasteiger partial charge in [-0.05, 0) is 80.8 Å². The number of hydrogen-bond acceptors (Lipinski definition) is 4. The molecular formula is C57H33N5S. The van der Waals surface area contributed by atoms with Crippen molar-refractivity contribution in [2.45, 2.75) is 0 Å². The number of para-hydroxylation sites is 2. The van der Waals surface area contributed by atoms with Crippen molar-refractivity contribution >= 4 is 107 Å². The molecule has 4 heterocycles. The second kappa shape index (κ2) is 13.2. The van der Waals surface area contributed by atoms with Crippen LogP contribution >= 0.6 is 11.3 Å². The van der Waals surface area contributed by atoms with Crippen molar-refractivity contribution in [2.75, 3.05) is 0 Å². The largest absolute Gasteiger partial charge is 0.309 e. The second-order valence-corrected chi connectivity index (χ2v) is 17.4. The van der Waals surface area contributed by atoms with E-state index in [2.05, 4.69) is 191 Å². The van der Waals surface area contributed by atoms with Gasteiger partial charge in [0.1, 0.15) is 0 Å². The third kappa shape index (κ3) is 4.95. The summed E-state index contributed by atoms with van der Waals surface area (Å²) in [5, 5.41) is 14.7. The highest BCUT2D eigenvalue weighted by atomic mass is 32.1. The van der Waals surface area contributed by atoms with Gasteiger partial charge in [0.25, 0.3) is 0 Å². The summed E-state index contributed by atoms with van der Waals surface area (Å²) in [7, 11) is 0. The average Bonchev–Trinajstić information content (AvgIpc) is 4.02. The molecule has 0 aliphatic rings. The van der Waals surface area contributed by atoms with Crippen LogP contribution in [0.2, 0.25) is 0 Å². The molecule has 0 saturated carbocycles. The lowest BCUT2D eigenvalue weighted by atomic mass is 9.94. The SMILES string of the molecule is c1ccc(-c2nc(-c3cccc4sc5ccccc5c34)nc(-n3c4ccccc4c4c5c6ccccc6n(-c6ccc7c8ccccc8c8ccccc8c7c6)c5ccc43)n2)cc1. The van der Waals surface area contributed by atoms with E-state index < -0.39 is 0 Å². The van der Waals surface area contributed by atoms with Gasteiger partial charge in [-0.2, -0.15) is 9.97 Å². The zero-order chi connectivity index (χ0) is 41.2. The number of aromatic nitrogens is 5. The van der Waals surface area contributed by atoms with Gasteiger partial charge in [-0.25, -0.2) is 4.98 Å². The smallest absolute Gasteiger partial charge is 0.238 e. The molecule has 0 aliphatic carbocycles. The summed E-state index contributed by atoms with van der Waals surface area (Å²) in [6.45, 7) is 0. The van der Waals surface area contributed by atoms with Gasteiger partial charge in [-0.1, -0.05) is 152 Å². The average molecular weight is 820 g/mol. The summed E-state index contributed by atoms with van der Waals surface area (Å²) in [6, 6.07) is 72.0. The fourth-order valence-electron chi connectivity index (χ4n) is 10.3. The minimum atomic E-state index is 0.582. The fraction of sp³-hybridized carbons (Fsp3) is 0. The van der Waals surface area contributed by atoms with E-state index in [0.717, 1.165) is 44.3 Å². The van der Waals surface area contributed by atoms with Gasteiger partial charge in [0, 0.05) is 58.5 Å². The highest BCUT2D eigenvalue weighted by Gasteiger charge is 2.24. The molecule has 4 aromatic heterocycles. The molecule has 0 bridgehead atoms. The first-order valence-electron chi connectivity index (χ1n) is 21.3. The second-order valence-electron chi connectivity index (χ2n) is 16.3. The molecule has 0 saturated heterocycles. The van der Waals surface area contributed by atoms with Gasteiger partial charge in [0.2, 0.25) is 5.95 Å². The van der Waals surface area contributed by atoms with E-state index in [1.54, 1.807) is 11.3 Å². The summed E-state index contributed by atoms with van der Waals surface area (Å²) >= 11 is 1.80. The molecule has 6 heteroatoms.